The first-order valence-corrected chi connectivity index (χ1v) is 7.34. The second-order valence-electron chi connectivity index (χ2n) is 6.01. The molecule has 1 saturated carbocycles. The lowest BCUT2D eigenvalue weighted by Crippen LogP contribution is -2.57. The maximum absolute atomic E-state index is 11.5. The van der Waals surface area contributed by atoms with Crippen molar-refractivity contribution in [3.8, 4) is 0 Å². The van der Waals surface area contributed by atoms with Gasteiger partial charge in [-0.05, 0) is 38.5 Å². The van der Waals surface area contributed by atoms with Gasteiger partial charge in [-0.15, -0.1) is 0 Å². The Balaban J connectivity index is 1.64. The number of nitrogens with zero attached hydrogens (tertiary/aromatic N) is 1. The zero-order valence-electron chi connectivity index (χ0n) is 10.8. The highest BCUT2D eigenvalue weighted by Gasteiger charge is 2.44. The molecule has 0 spiro atoms. The quantitative estimate of drug-likeness (QED) is 0.813. The summed E-state index contributed by atoms with van der Waals surface area (Å²) in [5, 5.41) is 3.21. The van der Waals surface area contributed by atoms with Gasteiger partial charge in [-0.25, -0.2) is 0 Å². The number of piperidine rings is 2. The number of hydrogen-bond acceptors (Lipinski definition) is 2. The highest BCUT2D eigenvalue weighted by Crippen LogP contribution is 2.41. The van der Waals surface area contributed by atoms with Crippen LogP contribution < -0.4 is 5.32 Å². The third-order valence-electron chi connectivity index (χ3n) is 4.69. The third-order valence-corrected chi connectivity index (χ3v) is 4.69. The Labute approximate surface area is 104 Å². The second-order valence-corrected chi connectivity index (χ2v) is 6.01. The van der Waals surface area contributed by atoms with Gasteiger partial charge in [0.05, 0.1) is 0 Å². The molecule has 3 aliphatic rings. The molecule has 3 nitrogen and oxygen atoms in total. The molecule has 1 aliphatic carbocycles. The van der Waals surface area contributed by atoms with E-state index in [0.29, 0.717) is 12.5 Å². The number of hydrogen-bond donors (Lipinski definition) is 1. The van der Waals surface area contributed by atoms with Crippen LogP contribution in [0.25, 0.3) is 0 Å². The molecule has 3 rings (SSSR count). The van der Waals surface area contributed by atoms with Crippen LogP contribution in [-0.2, 0) is 4.79 Å². The zero-order chi connectivity index (χ0) is 11.8. The van der Waals surface area contributed by atoms with Crippen molar-refractivity contribution in [2.24, 2.45) is 0 Å². The Morgan fingerprint density at radius 2 is 1.76 bits per heavy atom. The fourth-order valence-corrected chi connectivity index (χ4v) is 3.83. The van der Waals surface area contributed by atoms with Gasteiger partial charge in [-0.1, -0.05) is 13.3 Å². The number of fused-ring (bicyclic) bond motifs is 2. The van der Waals surface area contributed by atoms with Crippen molar-refractivity contribution in [1.29, 1.82) is 0 Å². The molecule has 2 heterocycles. The summed E-state index contributed by atoms with van der Waals surface area (Å²) in [5.74, 6) is 0.230. The predicted octanol–water partition coefficient (Wildman–Crippen LogP) is 2.06. The molecule has 3 atom stereocenters. The van der Waals surface area contributed by atoms with Crippen LogP contribution in [0.4, 0.5) is 0 Å². The van der Waals surface area contributed by atoms with E-state index in [2.05, 4.69) is 10.2 Å². The lowest BCUT2D eigenvalue weighted by molar-refractivity contribution is -0.122. The molecule has 3 fully saturated rings. The minimum Gasteiger partial charge on any atom is -0.353 e. The van der Waals surface area contributed by atoms with Crippen LogP contribution in [0.3, 0.4) is 0 Å². The second kappa shape index (κ2) is 4.60. The molecule has 3 heteroatoms. The van der Waals surface area contributed by atoms with E-state index in [-0.39, 0.29) is 5.91 Å². The van der Waals surface area contributed by atoms with Crippen LogP contribution in [0.2, 0.25) is 0 Å². The Hall–Kier alpha value is -0.570. The van der Waals surface area contributed by atoms with E-state index in [1.54, 1.807) is 0 Å². The summed E-state index contributed by atoms with van der Waals surface area (Å²) in [6, 6.07) is 2.87. The number of amides is 1. The first-order chi connectivity index (χ1) is 8.28. The summed E-state index contributed by atoms with van der Waals surface area (Å²) in [4.78, 5) is 14.3. The molecule has 2 saturated heterocycles. The molecular weight excluding hydrogens is 212 g/mol. The molecule has 0 aromatic rings. The standard InChI is InChI=1S/C14H24N2O/c1-2-14(17)15-10-8-12-4-3-5-13(9-10)16(12)11-6-7-11/h10-13H,2-9H2,1H3,(H,15,17)/t10?,12-,13+. The Morgan fingerprint density at radius 1 is 1.12 bits per heavy atom. The number of nitrogens with one attached hydrogen (secondary N) is 1. The van der Waals surface area contributed by atoms with Gasteiger partial charge in [0.15, 0.2) is 0 Å². The highest BCUT2D eigenvalue weighted by molar-refractivity contribution is 5.75. The van der Waals surface area contributed by atoms with Crippen LogP contribution in [-0.4, -0.2) is 35.0 Å². The van der Waals surface area contributed by atoms with Crippen LogP contribution in [0.15, 0.2) is 0 Å². The minimum absolute atomic E-state index is 0.230. The van der Waals surface area contributed by atoms with Gasteiger partial charge in [-0.3, -0.25) is 9.69 Å². The topological polar surface area (TPSA) is 32.3 Å². The van der Waals surface area contributed by atoms with Gasteiger partial charge in [0.2, 0.25) is 5.91 Å². The Morgan fingerprint density at radius 3 is 2.29 bits per heavy atom. The maximum Gasteiger partial charge on any atom is 0.219 e. The molecular formula is C14H24N2O. The lowest BCUT2D eigenvalue weighted by Gasteiger charge is -2.49. The van der Waals surface area contributed by atoms with Gasteiger partial charge in [0.1, 0.15) is 0 Å². The van der Waals surface area contributed by atoms with Crippen molar-refractivity contribution in [2.75, 3.05) is 0 Å². The summed E-state index contributed by atoms with van der Waals surface area (Å²) in [6.45, 7) is 1.94. The molecule has 1 N–H and O–H groups in total. The minimum atomic E-state index is 0.230. The van der Waals surface area contributed by atoms with Gasteiger partial charge in [0.25, 0.3) is 0 Å². The largest absolute Gasteiger partial charge is 0.353 e. The van der Waals surface area contributed by atoms with E-state index < -0.39 is 0 Å². The van der Waals surface area contributed by atoms with E-state index >= 15 is 0 Å². The summed E-state index contributed by atoms with van der Waals surface area (Å²) >= 11 is 0. The molecule has 1 amide bonds. The highest BCUT2D eigenvalue weighted by atomic mass is 16.1. The van der Waals surface area contributed by atoms with Gasteiger partial charge < -0.3 is 5.32 Å². The monoisotopic (exact) mass is 236 g/mol. The number of rotatable bonds is 3. The van der Waals surface area contributed by atoms with Crippen molar-refractivity contribution >= 4 is 5.91 Å². The number of carbonyl (C=O) groups excluding carboxylic acids is 1. The van der Waals surface area contributed by atoms with E-state index in [1.807, 2.05) is 6.92 Å². The molecule has 0 radical (unpaired) electrons. The van der Waals surface area contributed by atoms with E-state index in [1.165, 1.54) is 44.9 Å². The normalized spacial score (nSPS) is 37.8. The first-order valence-electron chi connectivity index (χ1n) is 7.34. The van der Waals surface area contributed by atoms with Gasteiger partial charge >= 0.3 is 0 Å². The fraction of sp³-hybridized carbons (Fsp3) is 0.929. The third kappa shape index (κ3) is 2.35. The maximum atomic E-state index is 11.5. The molecule has 96 valence electrons. The van der Waals surface area contributed by atoms with Crippen LogP contribution in [0.5, 0.6) is 0 Å². The van der Waals surface area contributed by atoms with Crippen molar-refractivity contribution in [1.82, 2.24) is 10.2 Å². The SMILES string of the molecule is CCC(=O)NC1C[C@H]2CCC[C@@H](C1)N2C1CC1. The number of carbonyl (C=O) groups is 1. The molecule has 0 aromatic carbocycles. The molecule has 17 heavy (non-hydrogen) atoms. The average Bonchev–Trinajstić information content (AvgIpc) is 3.11. The van der Waals surface area contributed by atoms with Crippen molar-refractivity contribution in [3.05, 3.63) is 0 Å². The predicted molar refractivity (Wildman–Crippen MR) is 67.7 cm³/mol. The van der Waals surface area contributed by atoms with E-state index in [0.717, 1.165) is 18.1 Å². The summed E-state index contributed by atoms with van der Waals surface area (Å²) < 4.78 is 0. The van der Waals surface area contributed by atoms with E-state index in [4.69, 9.17) is 0 Å². The fourth-order valence-electron chi connectivity index (χ4n) is 3.83. The molecule has 1 unspecified atom stereocenters. The van der Waals surface area contributed by atoms with Gasteiger partial charge in [-0.2, -0.15) is 0 Å². The molecule has 0 aromatic heterocycles. The van der Waals surface area contributed by atoms with Crippen molar-refractivity contribution < 1.29 is 4.79 Å². The summed E-state index contributed by atoms with van der Waals surface area (Å²) in [6.07, 6.45) is 9.94. The lowest BCUT2D eigenvalue weighted by atomic mass is 9.81. The van der Waals surface area contributed by atoms with Crippen LogP contribution in [0.1, 0.15) is 58.3 Å². The zero-order valence-corrected chi connectivity index (χ0v) is 10.8. The van der Waals surface area contributed by atoms with Crippen LogP contribution >= 0.6 is 0 Å². The van der Waals surface area contributed by atoms with Crippen molar-refractivity contribution in [3.63, 3.8) is 0 Å². The smallest absolute Gasteiger partial charge is 0.219 e. The average molecular weight is 236 g/mol. The first kappa shape index (κ1) is 11.5. The Bertz CT molecular complexity index is 287. The van der Waals surface area contributed by atoms with Crippen molar-refractivity contribution in [2.45, 2.75) is 82.5 Å². The summed E-state index contributed by atoms with van der Waals surface area (Å²) in [5.41, 5.74) is 0. The molecule has 2 bridgehead atoms. The van der Waals surface area contributed by atoms with E-state index in [9.17, 15) is 4.79 Å². The van der Waals surface area contributed by atoms with Gasteiger partial charge in [0, 0.05) is 30.6 Å². The van der Waals surface area contributed by atoms with Crippen LogP contribution in [0, 0.1) is 0 Å². The summed E-state index contributed by atoms with van der Waals surface area (Å²) in [7, 11) is 0. The Kier molecular flexibility index (Phi) is 3.12. The molecule has 2 aliphatic heterocycles.